The molecule has 0 aromatic heterocycles. The third-order valence-corrected chi connectivity index (χ3v) is 3.69. The van der Waals surface area contributed by atoms with Crippen LogP contribution in [-0.4, -0.2) is 0 Å². The molecule has 0 fully saturated rings. The lowest BCUT2D eigenvalue weighted by Crippen LogP contribution is -2.39. The molecule has 21 heavy (non-hydrogen) atoms. The Morgan fingerprint density at radius 1 is 0.476 bits per heavy atom. The summed E-state index contributed by atoms with van der Waals surface area (Å²) in [6.45, 7) is 0. The van der Waals surface area contributed by atoms with Crippen molar-refractivity contribution in [1.29, 1.82) is 0 Å². The lowest BCUT2D eigenvalue weighted by atomic mass is 9.78. The third kappa shape index (κ3) is 2.71. The summed E-state index contributed by atoms with van der Waals surface area (Å²) in [6.07, 6.45) is 0. The van der Waals surface area contributed by atoms with Crippen molar-refractivity contribution in [2.24, 2.45) is 5.73 Å². The first-order valence-corrected chi connectivity index (χ1v) is 6.77. The Kier molecular flexibility index (Phi) is 4.51. The number of hydrogen-bond donors (Lipinski definition) is 1. The van der Waals surface area contributed by atoms with Crippen molar-refractivity contribution in [3.8, 4) is 0 Å². The molecule has 0 bridgehead atoms. The molecule has 0 amide bonds. The minimum Gasteiger partial charge on any atom is -0.314 e. The fourth-order valence-corrected chi connectivity index (χ4v) is 2.60. The number of nitrogens with two attached hydrogens (primary N) is 1. The molecule has 0 unspecified atom stereocenters. The van der Waals surface area contributed by atoms with E-state index in [1.165, 1.54) is 0 Å². The van der Waals surface area contributed by atoms with Crippen molar-refractivity contribution >= 4 is 0 Å². The quantitative estimate of drug-likeness (QED) is 0.718. The van der Waals surface area contributed by atoms with E-state index in [-0.39, 0.29) is 4.70 Å². The van der Waals surface area contributed by atoms with Crippen LogP contribution in [0.25, 0.3) is 0 Å². The van der Waals surface area contributed by atoms with Crippen molar-refractivity contribution in [3.63, 3.8) is 0 Å². The normalized spacial score (nSPS) is 10.7. The highest BCUT2D eigenvalue weighted by molar-refractivity contribution is 5.48. The molecule has 0 radical (unpaired) electrons. The van der Waals surface area contributed by atoms with Crippen molar-refractivity contribution in [2.75, 3.05) is 0 Å². The van der Waals surface area contributed by atoms with E-state index in [1.54, 1.807) is 0 Å². The van der Waals surface area contributed by atoms with Crippen LogP contribution in [0.15, 0.2) is 91.0 Å². The first kappa shape index (κ1) is 14.9. The van der Waals surface area contributed by atoms with E-state index in [4.69, 9.17) is 5.73 Å². The van der Waals surface area contributed by atoms with E-state index in [0.717, 1.165) is 16.7 Å². The van der Waals surface area contributed by atoms with Gasteiger partial charge in [-0.15, -0.1) is 0 Å². The minimum atomic E-state index is -0.621. The van der Waals surface area contributed by atoms with Crippen LogP contribution in [0.5, 0.6) is 0 Å². The van der Waals surface area contributed by atoms with Gasteiger partial charge in [-0.25, -0.2) is 0 Å². The Labute approximate surface area is 124 Å². The number of rotatable bonds is 3. The summed E-state index contributed by atoms with van der Waals surface area (Å²) >= 11 is 0. The van der Waals surface area contributed by atoms with Gasteiger partial charge in [-0.1, -0.05) is 91.0 Å². The highest BCUT2D eigenvalue weighted by Crippen LogP contribution is 2.33. The molecule has 0 spiro atoms. The summed E-state index contributed by atoms with van der Waals surface area (Å²) in [5, 5.41) is 0. The maximum absolute atomic E-state index is 6.86. The Balaban J connectivity index is 0.00000161. The first-order chi connectivity index (χ1) is 9.82. The predicted octanol–water partition coefficient (Wildman–Crippen LogP) is 4.09. The number of halogens is 1. The molecule has 0 heterocycles. The monoisotopic (exact) mass is 279 g/mol. The molecule has 2 heteroatoms. The molecule has 0 aliphatic carbocycles. The van der Waals surface area contributed by atoms with Gasteiger partial charge >= 0.3 is 0 Å². The molecule has 106 valence electrons. The Hall–Kier alpha value is -2.45. The molecule has 3 rings (SSSR count). The van der Waals surface area contributed by atoms with Gasteiger partial charge in [0.1, 0.15) is 0 Å². The average Bonchev–Trinajstić information content (AvgIpc) is 2.56. The lowest BCUT2D eigenvalue weighted by Gasteiger charge is -2.31. The topological polar surface area (TPSA) is 26.0 Å². The second-order valence-electron chi connectivity index (χ2n) is 4.91. The largest absolute Gasteiger partial charge is 0.314 e. The molecular weight excluding hydrogens is 261 g/mol. The maximum atomic E-state index is 6.86. The summed E-state index contributed by atoms with van der Waals surface area (Å²) in [7, 11) is 0. The Morgan fingerprint density at radius 2 is 0.714 bits per heavy atom. The number of hydrogen-bond acceptors (Lipinski definition) is 1. The zero-order valence-corrected chi connectivity index (χ0v) is 11.6. The van der Waals surface area contributed by atoms with Crippen LogP contribution >= 0.6 is 0 Å². The fourth-order valence-electron chi connectivity index (χ4n) is 2.60. The average molecular weight is 279 g/mol. The highest BCUT2D eigenvalue weighted by atomic mass is 19.0. The minimum absolute atomic E-state index is 0. The van der Waals surface area contributed by atoms with E-state index in [1.807, 2.05) is 54.6 Å². The van der Waals surface area contributed by atoms with E-state index >= 15 is 0 Å². The van der Waals surface area contributed by atoms with Crippen LogP contribution in [0, 0.1) is 0 Å². The van der Waals surface area contributed by atoms with Gasteiger partial charge in [-0.3, -0.25) is 4.70 Å². The fraction of sp³-hybridized carbons (Fsp3) is 0.0526. The van der Waals surface area contributed by atoms with Crippen LogP contribution in [0.4, 0.5) is 4.70 Å². The maximum Gasteiger partial charge on any atom is 0.0922 e. The molecule has 3 aromatic rings. The smallest absolute Gasteiger partial charge is 0.0922 e. The van der Waals surface area contributed by atoms with E-state index < -0.39 is 5.54 Å². The molecular formula is C19H18FN. The zero-order chi connectivity index (χ0) is 13.8. The summed E-state index contributed by atoms with van der Waals surface area (Å²) < 4.78 is 0. The van der Waals surface area contributed by atoms with Crippen molar-refractivity contribution in [1.82, 2.24) is 0 Å². The highest BCUT2D eigenvalue weighted by Gasteiger charge is 2.31. The molecule has 0 saturated carbocycles. The van der Waals surface area contributed by atoms with E-state index in [2.05, 4.69) is 36.4 Å². The van der Waals surface area contributed by atoms with Crippen molar-refractivity contribution in [3.05, 3.63) is 108 Å². The van der Waals surface area contributed by atoms with Crippen LogP contribution in [0.2, 0.25) is 0 Å². The van der Waals surface area contributed by atoms with E-state index in [0.29, 0.717) is 0 Å². The second kappa shape index (κ2) is 6.33. The van der Waals surface area contributed by atoms with Gasteiger partial charge in [-0.2, -0.15) is 0 Å². The van der Waals surface area contributed by atoms with Crippen molar-refractivity contribution < 1.29 is 4.70 Å². The summed E-state index contributed by atoms with van der Waals surface area (Å²) in [5.74, 6) is 0. The van der Waals surface area contributed by atoms with Crippen LogP contribution in [0.3, 0.4) is 0 Å². The van der Waals surface area contributed by atoms with Gasteiger partial charge in [0.05, 0.1) is 5.54 Å². The van der Waals surface area contributed by atoms with Gasteiger partial charge in [0.25, 0.3) is 0 Å². The van der Waals surface area contributed by atoms with Crippen LogP contribution in [0.1, 0.15) is 16.7 Å². The molecule has 0 aliphatic heterocycles. The van der Waals surface area contributed by atoms with Gasteiger partial charge in [-0.05, 0) is 16.7 Å². The van der Waals surface area contributed by atoms with Gasteiger partial charge in [0.2, 0.25) is 0 Å². The molecule has 0 aliphatic rings. The lowest BCUT2D eigenvalue weighted by molar-refractivity contribution is 0.653. The first-order valence-electron chi connectivity index (χ1n) is 6.77. The molecule has 0 atom stereocenters. The molecule has 1 nitrogen and oxygen atoms in total. The van der Waals surface area contributed by atoms with Crippen molar-refractivity contribution in [2.45, 2.75) is 5.54 Å². The van der Waals surface area contributed by atoms with Gasteiger partial charge in [0.15, 0.2) is 0 Å². The van der Waals surface area contributed by atoms with Crippen LogP contribution in [-0.2, 0) is 5.54 Å². The summed E-state index contributed by atoms with van der Waals surface area (Å²) in [4.78, 5) is 0. The Morgan fingerprint density at radius 3 is 0.952 bits per heavy atom. The third-order valence-electron chi connectivity index (χ3n) is 3.69. The Bertz CT molecular complexity index is 569. The van der Waals surface area contributed by atoms with Gasteiger partial charge < -0.3 is 5.73 Å². The number of benzene rings is 3. The predicted molar refractivity (Wildman–Crippen MR) is 85.9 cm³/mol. The molecule has 2 N–H and O–H groups in total. The second-order valence-corrected chi connectivity index (χ2v) is 4.91. The molecule has 0 saturated heterocycles. The van der Waals surface area contributed by atoms with Crippen LogP contribution < -0.4 is 5.73 Å². The summed E-state index contributed by atoms with van der Waals surface area (Å²) in [5.41, 5.74) is 9.53. The standard InChI is InChI=1S/C19H17N.FH/c20-19(16-10-4-1-5-11-16,17-12-6-2-7-13-17)18-14-8-3-9-15-18;/h1-15H,20H2;1H. The SMILES string of the molecule is F.NC(c1ccccc1)(c1ccccc1)c1ccccc1. The van der Waals surface area contributed by atoms with E-state index in [9.17, 15) is 0 Å². The van der Waals surface area contributed by atoms with Gasteiger partial charge in [0, 0.05) is 0 Å². The summed E-state index contributed by atoms with van der Waals surface area (Å²) in [6, 6.07) is 30.7. The zero-order valence-electron chi connectivity index (χ0n) is 11.6. The molecule has 3 aromatic carbocycles.